The SMILES string of the molecule is CCNCC(C)CCN(C)CC(C)(C)c1cc2c(o1)=CCCC=2. The monoisotopic (exact) mass is 318 g/mol. The third-order valence-corrected chi connectivity index (χ3v) is 4.73. The lowest BCUT2D eigenvalue weighted by Crippen LogP contribution is -2.36. The van der Waals surface area contributed by atoms with Crippen molar-refractivity contribution in [2.45, 2.75) is 52.4 Å². The molecule has 0 aliphatic heterocycles. The van der Waals surface area contributed by atoms with E-state index in [1.807, 2.05) is 0 Å². The van der Waals surface area contributed by atoms with Gasteiger partial charge >= 0.3 is 0 Å². The van der Waals surface area contributed by atoms with Crippen LogP contribution in [0.5, 0.6) is 0 Å². The number of nitrogens with zero attached hydrogens (tertiary/aromatic N) is 1. The number of hydrogen-bond donors (Lipinski definition) is 1. The van der Waals surface area contributed by atoms with Crippen LogP contribution in [0.1, 0.15) is 52.7 Å². The molecule has 1 unspecified atom stereocenters. The molecule has 2 rings (SSSR count). The lowest BCUT2D eigenvalue weighted by molar-refractivity contribution is 0.228. The average Bonchev–Trinajstić information content (AvgIpc) is 2.95. The molecule has 0 bridgehead atoms. The minimum Gasteiger partial charge on any atom is -0.461 e. The Morgan fingerprint density at radius 3 is 2.74 bits per heavy atom. The highest BCUT2D eigenvalue weighted by Gasteiger charge is 2.26. The van der Waals surface area contributed by atoms with Crippen molar-refractivity contribution in [3.05, 3.63) is 22.5 Å². The normalized spacial score (nSPS) is 15.9. The third-order valence-electron chi connectivity index (χ3n) is 4.73. The topological polar surface area (TPSA) is 28.4 Å². The maximum absolute atomic E-state index is 6.13. The van der Waals surface area contributed by atoms with E-state index in [0.717, 1.165) is 56.1 Å². The average molecular weight is 319 g/mol. The van der Waals surface area contributed by atoms with E-state index < -0.39 is 0 Å². The number of hydrogen-bond acceptors (Lipinski definition) is 3. The van der Waals surface area contributed by atoms with Crippen molar-refractivity contribution < 1.29 is 4.42 Å². The van der Waals surface area contributed by atoms with Crippen molar-refractivity contribution in [3.63, 3.8) is 0 Å². The van der Waals surface area contributed by atoms with Crippen LogP contribution in [0.15, 0.2) is 10.5 Å². The first-order valence-electron chi connectivity index (χ1n) is 9.12. The molecule has 1 heterocycles. The Hall–Kier alpha value is -1.06. The Bertz CT molecular complexity index is 566. The number of fused-ring (bicyclic) bond motifs is 1. The Balaban J connectivity index is 1.91. The van der Waals surface area contributed by atoms with Gasteiger partial charge in [0.15, 0.2) is 0 Å². The van der Waals surface area contributed by atoms with Crippen LogP contribution < -0.4 is 16.0 Å². The summed E-state index contributed by atoms with van der Waals surface area (Å²) in [6, 6.07) is 2.24. The molecule has 1 aliphatic rings. The highest BCUT2D eigenvalue weighted by molar-refractivity contribution is 5.36. The highest BCUT2D eigenvalue weighted by atomic mass is 16.3. The van der Waals surface area contributed by atoms with Gasteiger partial charge in [-0.25, -0.2) is 0 Å². The van der Waals surface area contributed by atoms with Crippen LogP contribution in [0.3, 0.4) is 0 Å². The summed E-state index contributed by atoms with van der Waals surface area (Å²) in [5.74, 6) is 1.84. The Morgan fingerprint density at radius 1 is 1.30 bits per heavy atom. The molecule has 3 heteroatoms. The van der Waals surface area contributed by atoms with Gasteiger partial charge in [-0.2, -0.15) is 0 Å². The summed E-state index contributed by atoms with van der Waals surface area (Å²) in [4.78, 5) is 2.44. The summed E-state index contributed by atoms with van der Waals surface area (Å²) in [5, 5.41) is 4.71. The van der Waals surface area contributed by atoms with Crippen LogP contribution in [-0.4, -0.2) is 38.1 Å². The number of nitrogens with one attached hydrogen (secondary N) is 1. The molecular formula is C20H34N2O. The van der Waals surface area contributed by atoms with Gasteiger partial charge in [-0.15, -0.1) is 0 Å². The fraction of sp³-hybridized carbons (Fsp3) is 0.700. The number of furan rings is 1. The molecule has 1 N–H and O–H groups in total. The van der Waals surface area contributed by atoms with Gasteiger partial charge in [-0.1, -0.05) is 33.8 Å². The van der Waals surface area contributed by atoms with E-state index in [1.165, 1.54) is 11.6 Å². The zero-order valence-corrected chi connectivity index (χ0v) is 15.6. The van der Waals surface area contributed by atoms with Gasteiger partial charge in [0, 0.05) is 17.2 Å². The van der Waals surface area contributed by atoms with E-state index in [9.17, 15) is 0 Å². The van der Waals surface area contributed by atoms with Gasteiger partial charge in [0.25, 0.3) is 0 Å². The van der Waals surface area contributed by atoms with Crippen LogP contribution in [-0.2, 0) is 5.41 Å². The maximum Gasteiger partial charge on any atom is 0.130 e. The minimum atomic E-state index is 0.0404. The Kier molecular flexibility index (Phi) is 6.49. The molecule has 0 fully saturated rings. The second-order valence-corrected chi connectivity index (χ2v) is 7.74. The molecule has 0 amide bonds. The zero-order valence-electron chi connectivity index (χ0n) is 15.6. The van der Waals surface area contributed by atoms with Gasteiger partial charge in [0.05, 0.1) is 0 Å². The molecule has 0 spiro atoms. The Labute approximate surface area is 141 Å². The molecule has 1 aromatic rings. The van der Waals surface area contributed by atoms with Gasteiger partial charge in [0.2, 0.25) is 0 Å². The molecule has 130 valence electrons. The number of rotatable bonds is 9. The molecule has 3 nitrogen and oxygen atoms in total. The second-order valence-electron chi connectivity index (χ2n) is 7.74. The molecular weight excluding hydrogens is 284 g/mol. The lowest BCUT2D eigenvalue weighted by Gasteiger charge is -2.29. The Morgan fingerprint density at radius 2 is 2.04 bits per heavy atom. The molecule has 1 aromatic heterocycles. The summed E-state index contributed by atoms with van der Waals surface area (Å²) in [7, 11) is 2.23. The van der Waals surface area contributed by atoms with E-state index in [-0.39, 0.29) is 5.41 Å². The van der Waals surface area contributed by atoms with Crippen LogP contribution in [0, 0.1) is 5.92 Å². The van der Waals surface area contributed by atoms with Crippen LogP contribution >= 0.6 is 0 Å². The van der Waals surface area contributed by atoms with E-state index in [1.54, 1.807) is 0 Å². The van der Waals surface area contributed by atoms with Crippen molar-refractivity contribution >= 4 is 12.2 Å². The molecule has 23 heavy (non-hydrogen) atoms. The van der Waals surface area contributed by atoms with Gasteiger partial charge < -0.3 is 14.6 Å². The summed E-state index contributed by atoms with van der Waals surface area (Å²) in [6.07, 6.45) is 7.99. The predicted octanol–water partition coefficient (Wildman–Crippen LogP) is 2.48. The summed E-state index contributed by atoms with van der Waals surface area (Å²) in [6.45, 7) is 13.4. The molecule has 1 aliphatic carbocycles. The largest absolute Gasteiger partial charge is 0.461 e. The predicted molar refractivity (Wildman–Crippen MR) is 99.0 cm³/mol. The van der Waals surface area contributed by atoms with Crippen LogP contribution in [0.4, 0.5) is 0 Å². The van der Waals surface area contributed by atoms with Gasteiger partial charge in [-0.3, -0.25) is 0 Å². The smallest absolute Gasteiger partial charge is 0.130 e. The van der Waals surface area contributed by atoms with Crippen molar-refractivity contribution in [3.8, 4) is 0 Å². The molecule has 1 atom stereocenters. The van der Waals surface area contributed by atoms with E-state index >= 15 is 0 Å². The highest BCUT2D eigenvalue weighted by Crippen LogP contribution is 2.23. The van der Waals surface area contributed by atoms with Gasteiger partial charge in [0.1, 0.15) is 11.2 Å². The molecule has 0 radical (unpaired) electrons. The maximum atomic E-state index is 6.13. The van der Waals surface area contributed by atoms with Crippen molar-refractivity contribution in [1.29, 1.82) is 0 Å². The fourth-order valence-electron chi connectivity index (χ4n) is 3.29. The summed E-state index contributed by atoms with van der Waals surface area (Å²) < 4.78 is 6.13. The van der Waals surface area contributed by atoms with E-state index in [0.29, 0.717) is 0 Å². The van der Waals surface area contributed by atoms with Gasteiger partial charge in [-0.05, 0) is 64.0 Å². The second kappa shape index (κ2) is 8.16. The molecule has 0 aromatic carbocycles. The van der Waals surface area contributed by atoms with E-state index in [4.69, 9.17) is 4.42 Å². The standard InChI is InChI=1S/C20H34N2O/c1-6-21-14-16(2)11-12-22(5)15-20(3,4)19-13-17-9-7-8-10-18(17)23-19/h9-10,13,16,21H,6-8,11-12,14-15H2,1-5H3. The van der Waals surface area contributed by atoms with Crippen molar-refractivity contribution in [1.82, 2.24) is 10.2 Å². The van der Waals surface area contributed by atoms with Crippen LogP contribution in [0.2, 0.25) is 0 Å². The van der Waals surface area contributed by atoms with Crippen LogP contribution in [0.25, 0.3) is 12.2 Å². The summed E-state index contributed by atoms with van der Waals surface area (Å²) in [5.41, 5.74) is 1.11. The first kappa shape index (κ1) is 18.3. The molecule has 0 saturated carbocycles. The summed E-state index contributed by atoms with van der Waals surface area (Å²) >= 11 is 0. The number of likely N-dealkylation sites (N-methyl/N-ethyl adjacent to an activating group) is 1. The first-order valence-corrected chi connectivity index (χ1v) is 9.12. The quantitative estimate of drug-likeness (QED) is 0.758. The fourth-order valence-corrected chi connectivity index (χ4v) is 3.29. The van der Waals surface area contributed by atoms with Crippen molar-refractivity contribution in [2.75, 3.05) is 33.2 Å². The minimum absolute atomic E-state index is 0.0404. The first-order chi connectivity index (χ1) is 10.9. The zero-order chi connectivity index (χ0) is 16.9. The van der Waals surface area contributed by atoms with E-state index in [2.05, 4.69) is 63.2 Å². The third kappa shape index (κ3) is 5.22. The molecule has 0 saturated heterocycles. The lowest BCUT2D eigenvalue weighted by atomic mass is 9.89. The van der Waals surface area contributed by atoms with Crippen molar-refractivity contribution in [2.24, 2.45) is 5.92 Å².